The lowest BCUT2D eigenvalue weighted by molar-refractivity contribution is 0.0942. The molecule has 1 atom stereocenters. The van der Waals surface area contributed by atoms with Crippen molar-refractivity contribution in [2.24, 2.45) is 0 Å². The fourth-order valence-corrected chi connectivity index (χ4v) is 3.06. The Kier molecular flexibility index (Phi) is 10.3. The Morgan fingerprint density at radius 3 is 2.00 bits per heavy atom. The summed E-state index contributed by atoms with van der Waals surface area (Å²) in [4.78, 5) is 13.7. The van der Waals surface area contributed by atoms with E-state index in [4.69, 9.17) is 5.26 Å². The van der Waals surface area contributed by atoms with Crippen molar-refractivity contribution in [2.75, 3.05) is 58.9 Å². The molecule has 8 heteroatoms. The SMILES string of the molecule is N#CSc1ccc(C(=O)C2CNCCNCCNCCNCCN2)cc1. The van der Waals surface area contributed by atoms with E-state index in [0.717, 1.165) is 69.0 Å². The summed E-state index contributed by atoms with van der Waals surface area (Å²) in [6.45, 7) is 7.60. The molecule has 142 valence electrons. The van der Waals surface area contributed by atoms with Gasteiger partial charge in [-0.25, -0.2) is 0 Å². The highest BCUT2D eigenvalue weighted by Crippen LogP contribution is 2.17. The normalized spacial score (nSPS) is 21.1. The monoisotopic (exact) mass is 376 g/mol. The van der Waals surface area contributed by atoms with Crippen molar-refractivity contribution in [2.45, 2.75) is 10.9 Å². The van der Waals surface area contributed by atoms with Crippen LogP contribution in [-0.2, 0) is 0 Å². The van der Waals surface area contributed by atoms with E-state index in [-0.39, 0.29) is 11.8 Å². The highest BCUT2D eigenvalue weighted by atomic mass is 32.2. The van der Waals surface area contributed by atoms with Crippen LogP contribution in [0.25, 0.3) is 0 Å². The van der Waals surface area contributed by atoms with Gasteiger partial charge in [0.15, 0.2) is 5.78 Å². The fourth-order valence-electron chi connectivity index (χ4n) is 2.69. The summed E-state index contributed by atoms with van der Waals surface area (Å²) < 4.78 is 0. The van der Waals surface area contributed by atoms with Gasteiger partial charge in [-0.1, -0.05) is 12.1 Å². The van der Waals surface area contributed by atoms with E-state index in [2.05, 4.69) is 26.6 Å². The van der Waals surface area contributed by atoms with Crippen LogP contribution in [0.4, 0.5) is 0 Å². The molecule has 2 rings (SSSR count). The number of Topliss-reactive ketones (excluding diaryl/α,β-unsaturated/α-hetero) is 1. The number of carbonyl (C=O) groups excluding carboxylic acids is 1. The molecule has 0 radical (unpaired) electrons. The number of nitriles is 1. The zero-order chi connectivity index (χ0) is 18.5. The summed E-state index contributed by atoms with van der Waals surface area (Å²) in [5, 5.41) is 27.6. The highest BCUT2D eigenvalue weighted by Gasteiger charge is 2.19. The van der Waals surface area contributed by atoms with E-state index in [1.807, 2.05) is 17.5 Å². The number of carbonyl (C=O) groups is 1. The third-order valence-corrected chi connectivity index (χ3v) is 4.69. The molecule has 1 saturated heterocycles. The van der Waals surface area contributed by atoms with Crippen molar-refractivity contribution in [1.29, 1.82) is 5.26 Å². The van der Waals surface area contributed by atoms with Crippen LogP contribution in [0.15, 0.2) is 29.2 Å². The molecule has 1 unspecified atom stereocenters. The summed E-state index contributed by atoms with van der Waals surface area (Å²) in [7, 11) is 0. The Hall–Kier alpha value is -1.47. The van der Waals surface area contributed by atoms with Crippen LogP contribution < -0.4 is 26.6 Å². The first kappa shape index (κ1) is 20.8. The zero-order valence-electron chi connectivity index (χ0n) is 15.0. The number of rotatable bonds is 3. The van der Waals surface area contributed by atoms with Gasteiger partial charge in [0.05, 0.1) is 6.04 Å². The summed E-state index contributed by atoms with van der Waals surface area (Å²) in [5.74, 6) is 0.0740. The predicted molar refractivity (Wildman–Crippen MR) is 106 cm³/mol. The van der Waals surface area contributed by atoms with Gasteiger partial charge in [-0.15, -0.1) is 0 Å². The van der Waals surface area contributed by atoms with Crippen LogP contribution in [-0.4, -0.2) is 70.7 Å². The molecule has 1 aromatic carbocycles. The molecule has 0 spiro atoms. The topological polar surface area (TPSA) is 101 Å². The molecule has 26 heavy (non-hydrogen) atoms. The van der Waals surface area contributed by atoms with E-state index >= 15 is 0 Å². The smallest absolute Gasteiger partial charge is 0.181 e. The van der Waals surface area contributed by atoms with Gasteiger partial charge in [-0.05, 0) is 23.9 Å². The molecule has 1 heterocycles. The van der Waals surface area contributed by atoms with Crippen molar-refractivity contribution in [3.05, 3.63) is 29.8 Å². The van der Waals surface area contributed by atoms with Gasteiger partial charge in [-0.2, -0.15) is 5.26 Å². The second-order valence-electron chi connectivity index (χ2n) is 6.04. The maximum Gasteiger partial charge on any atom is 0.181 e. The summed E-state index contributed by atoms with van der Waals surface area (Å²) >= 11 is 1.10. The Labute approximate surface area is 159 Å². The highest BCUT2D eigenvalue weighted by molar-refractivity contribution is 8.03. The maximum absolute atomic E-state index is 12.8. The van der Waals surface area contributed by atoms with Crippen molar-refractivity contribution < 1.29 is 4.79 Å². The molecule has 0 bridgehead atoms. The number of hydrogen-bond acceptors (Lipinski definition) is 8. The largest absolute Gasteiger partial charge is 0.314 e. The molecule has 7 nitrogen and oxygen atoms in total. The molecule has 5 N–H and O–H groups in total. The number of nitrogens with zero attached hydrogens (tertiary/aromatic N) is 1. The lowest BCUT2D eigenvalue weighted by Gasteiger charge is -2.19. The molecule has 1 aliphatic heterocycles. The number of benzene rings is 1. The molecule has 0 aromatic heterocycles. The van der Waals surface area contributed by atoms with Gasteiger partial charge in [0, 0.05) is 69.4 Å². The van der Waals surface area contributed by atoms with Gasteiger partial charge in [0.2, 0.25) is 0 Å². The second kappa shape index (κ2) is 12.8. The van der Waals surface area contributed by atoms with E-state index in [1.54, 1.807) is 12.1 Å². The van der Waals surface area contributed by atoms with Gasteiger partial charge < -0.3 is 26.6 Å². The van der Waals surface area contributed by atoms with Gasteiger partial charge in [0.25, 0.3) is 0 Å². The van der Waals surface area contributed by atoms with E-state index in [9.17, 15) is 4.79 Å². The first-order chi connectivity index (χ1) is 12.8. The van der Waals surface area contributed by atoms with Crippen molar-refractivity contribution in [3.63, 3.8) is 0 Å². The molecule has 1 aliphatic rings. The Morgan fingerprint density at radius 1 is 0.885 bits per heavy atom. The summed E-state index contributed by atoms with van der Waals surface area (Å²) in [6, 6.07) is 6.96. The van der Waals surface area contributed by atoms with Crippen LogP contribution in [0.3, 0.4) is 0 Å². The number of thioether (sulfide) groups is 1. The molecular weight excluding hydrogens is 348 g/mol. The van der Waals surface area contributed by atoms with Crippen molar-refractivity contribution >= 4 is 17.5 Å². The maximum atomic E-state index is 12.8. The standard InChI is InChI=1S/C18H28N6OS/c19-14-26-16-3-1-15(2-4-16)18(25)17-13-23-10-9-21-6-5-20-7-8-22-11-12-24-17/h1-4,17,20-24H,5-13H2. The predicted octanol–water partition coefficient (Wildman–Crippen LogP) is -0.227. The Morgan fingerprint density at radius 2 is 1.42 bits per heavy atom. The average molecular weight is 377 g/mol. The van der Waals surface area contributed by atoms with Gasteiger partial charge >= 0.3 is 0 Å². The second-order valence-corrected chi connectivity index (χ2v) is 6.90. The van der Waals surface area contributed by atoms with Gasteiger partial charge in [-0.3, -0.25) is 4.79 Å². The van der Waals surface area contributed by atoms with Crippen LogP contribution in [0.2, 0.25) is 0 Å². The van der Waals surface area contributed by atoms with Crippen LogP contribution >= 0.6 is 11.8 Å². The molecule has 0 aliphatic carbocycles. The zero-order valence-corrected chi connectivity index (χ0v) is 15.8. The number of nitrogens with one attached hydrogen (secondary N) is 5. The molecular formula is C18H28N6OS. The number of ketones is 1. The third-order valence-electron chi connectivity index (χ3n) is 4.10. The summed E-state index contributed by atoms with van der Waals surface area (Å²) in [5.41, 5.74) is 0.666. The first-order valence-corrected chi connectivity index (χ1v) is 9.89. The van der Waals surface area contributed by atoms with Crippen molar-refractivity contribution in [1.82, 2.24) is 26.6 Å². The van der Waals surface area contributed by atoms with E-state index in [0.29, 0.717) is 12.1 Å². The molecule has 1 aromatic rings. The fraction of sp³-hybridized carbons (Fsp3) is 0.556. The van der Waals surface area contributed by atoms with Gasteiger partial charge in [0.1, 0.15) is 5.40 Å². The van der Waals surface area contributed by atoms with Crippen molar-refractivity contribution in [3.8, 4) is 5.40 Å². The minimum absolute atomic E-state index is 0.0740. The molecule has 0 saturated carbocycles. The van der Waals surface area contributed by atoms with E-state index < -0.39 is 0 Å². The Balaban J connectivity index is 1.92. The third kappa shape index (κ3) is 7.83. The van der Waals surface area contributed by atoms with Crippen LogP contribution in [0.1, 0.15) is 10.4 Å². The minimum atomic E-state index is -0.269. The molecule has 1 fully saturated rings. The Bertz CT molecular complexity index is 558. The van der Waals surface area contributed by atoms with Crippen LogP contribution in [0, 0.1) is 10.7 Å². The number of thiocyanates is 1. The van der Waals surface area contributed by atoms with Crippen LogP contribution in [0.5, 0.6) is 0 Å². The first-order valence-electron chi connectivity index (χ1n) is 9.07. The van der Waals surface area contributed by atoms with E-state index in [1.165, 1.54) is 0 Å². The molecule has 0 amide bonds. The average Bonchev–Trinajstić information content (AvgIpc) is 2.67. The lowest BCUT2D eigenvalue weighted by atomic mass is 10.0. The lowest BCUT2D eigenvalue weighted by Crippen LogP contribution is -2.47. The quantitative estimate of drug-likeness (QED) is 0.280. The summed E-state index contributed by atoms with van der Waals surface area (Å²) in [6.07, 6.45) is 0. The number of hydrogen-bond donors (Lipinski definition) is 5. The minimum Gasteiger partial charge on any atom is -0.314 e.